The highest BCUT2D eigenvalue weighted by atomic mass is 32.1. The van der Waals surface area contributed by atoms with Gasteiger partial charge >= 0.3 is 0 Å². The molecule has 0 saturated carbocycles. The third-order valence-electron chi connectivity index (χ3n) is 6.03. The summed E-state index contributed by atoms with van der Waals surface area (Å²) in [7, 11) is 0. The number of carbonyl (C=O) groups excluding carboxylic acids is 1. The number of nitrogens with zero attached hydrogens (tertiary/aromatic N) is 4. The summed E-state index contributed by atoms with van der Waals surface area (Å²) in [5.41, 5.74) is 3.26. The smallest absolute Gasteiger partial charge is 0.255 e. The summed E-state index contributed by atoms with van der Waals surface area (Å²) in [6, 6.07) is 11.5. The quantitative estimate of drug-likeness (QED) is 0.398. The predicted octanol–water partition coefficient (Wildman–Crippen LogP) is 4.41. The van der Waals surface area contributed by atoms with Crippen molar-refractivity contribution in [2.45, 2.75) is 32.4 Å². The van der Waals surface area contributed by atoms with Gasteiger partial charge in [0.1, 0.15) is 5.01 Å². The van der Waals surface area contributed by atoms with Gasteiger partial charge in [-0.05, 0) is 44.5 Å². The summed E-state index contributed by atoms with van der Waals surface area (Å²) in [6.45, 7) is 6.97. The Morgan fingerprint density at radius 3 is 2.80 bits per heavy atom. The molecule has 1 amide bonds. The van der Waals surface area contributed by atoms with Crippen molar-refractivity contribution in [3.8, 4) is 10.6 Å². The summed E-state index contributed by atoms with van der Waals surface area (Å²) in [5.74, 6) is -0.174. The summed E-state index contributed by atoms with van der Waals surface area (Å²) in [6.07, 6.45) is 4.32. The minimum absolute atomic E-state index is 0.174. The third kappa shape index (κ3) is 5.53. The van der Waals surface area contributed by atoms with Gasteiger partial charge in [0.15, 0.2) is 0 Å². The van der Waals surface area contributed by atoms with Gasteiger partial charge in [0.25, 0.3) is 5.91 Å². The lowest BCUT2D eigenvalue weighted by Gasteiger charge is -2.30. The number of thiazole rings is 1. The largest absolute Gasteiger partial charge is 0.390 e. The molecule has 4 aromatic rings. The van der Waals surface area contributed by atoms with Crippen LogP contribution in [0.15, 0.2) is 54.2 Å². The molecule has 8 nitrogen and oxygen atoms in total. The van der Waals surface area contributed by atoms with Gasteiger partial charge in [0.2, 0.25) is 0 Å². The average Bonchev–Trinajstić information content (AvgIpc) is 3.52. The molecule has 35 heavy (non-hydrogen) atoms. The highest BCUT2D eigenvalue weighted by Gasteiger charge is 2.20. The molecule has 0 radical (unpaired) electrons. The van der Waals surface area contributed by atoms with Gasteiger partial charge in [0.05, 0.1) is 35.7 Å². The Balaban J connectivity index is 1.46. The minimum Gasteiger partial charge on any atom is -0.390 e. The van der Waals surface area contributed by atoms with Crippen molar-refractivity contribution in [2.24, 2.45) is 0 Å². The average molecular weight is 492 g/mol. The SMILES string of the molecule is CC(C)(O)CCn1cc2cc(NC(=O)c3cccc(-c4nccs4)c3)c(N3CCOCC3)cc2n1. The molecule has 182 valence electrons. The lowest BCUT2D eigenvalue weighted by molar-refractivity contribution is 0.0651. The molecule has 5 rings (SSSR count). The number of morpholine rings is 1. The molecule has 2 aromatic heterocycles. The monoisotopic (exact) mass is 491 g/mol. The first kappa shape index (κ1) is 23.5. The van der Waals surface area contributed by atoms with Crippen LogP contribution >= 0.6 is 11.3 Å². The fraction of sp³-hybridized carbons (Fsp3) is 0.346. The number of aliphatic hydroxyl groups is 1. The van der Waals surface area contributed by atoms with Gasteiger partial charge in [-0.2, -0.15) is 5.10 Å². The van der Waals surface area contributed by atoms with Gasteiger partial charge in [-0.25, -0.2) is 4.98 Å². The van der Waals surface area contributed by atoms with Gasteiger partial charge < -0.3 is 20.1 Å². The zero-order valence-corrected chi connectivity index (χ0v) is 20.7. The maximum absolute atomic E-state index is 13.3. The molecule has 1 aliphatic heterocycles. The summed E-state index contributed by atoms with van der Waals surface area (Å²) < 4.78 is 7.39. The van der Waals surface area contributed by atoms with Crippen molar-refractivity contribution in [2.75, 3.05) is 36.5 Å². The number of hydrogen-bond donors (Lipinski definition) is 2. The van der Waals surface area contributed by atoms with Crippen LogP contribution in [0.25, 0.3) is 21.5 Å². The third-order valence-corrected chi connectivity index (χ3v) is 6.85. The number of ether oxygens (including phenoxy) is 1. The number of anilines is 2. The van der Waals surface area contributed by atoms with Crippen LogP contribution in [0.4, 0.5) is 11.4 Å². The van der Waals surface area contributed by atoms with Gasteiger partial charge in [-0.3, -0.25) is 9.48 Å². The van der Waals surface area contributed by atoms with Gasteiger partial charge in [0, 0.05) is 53.9 Å². The van der Waals surface area contributed by atoms with E-state index < -0.39 is 5.60 Å². The number of hydrogen-bond acceptors (Lipinski definition) is 7. The highest BCUT2D eigenvalue weighted by molar-refractivity contribution is 7.13. The van der Waals surface area contributed by atoms with Crippen molar-refractivity contribution < 1.29 is 14.6 Å². The maximum atomic E-state index is 13.3. The number of aromatic nitrogens is 3. The number of aryl methyl sites for hydroxylation is 1. The Morgan fingerprint density at radius 2 is 2.06 bits per heavy atom. The molecule has 1 aliphatic rings. The maximum Gasteiger partial charge on any atom is 0.255 e. The Labute approximate surface area is 208 Å². The molecule has 0 unspecified atom stereocenters. The number of rotatable bonds is 7. The zero-order chi connectivity index (χ0) is 24.4. The van der Waals surface area contributed by atoms with Gasteiger partial charge in [-0.1, -0.05) is 12.1 Å². The molecule has 9 heteroatoms. The number of nitrogens with one attached hydrogen (secondary N) is 1. The molecular weight excluding hydrogens is 462 g/mol. The molecule has 1 fully saturated rings. The first-order valence-corrected chi connectivity index (χ1v) is 12.6. The molecule has 0 atom stereocenters. The Morgan fingerprint density at radius 1 is 1.23 bits per heavy atom. The van der Waals surface area contributed by atoms with Crippen molar-refractivity contribution in [1.82, 2.24) is 14.8 Å². The first-order chi connectivity index (χ1) is 16.9. The van der Waals surface area contributed by atoms with Crippen LogP contribution in [0.2, 0.25) is 0 Å². The van der Waals surface area contributed by atoms with Crippen LogP contribution in [-0.2, 0) is 11.3 Å². The number of carbonyl (C=O) groups is 1. The zero-order valence-electron chi connectivity index (χ0n) is 19.9. The summed E-state index contributed by atoms with van der Waals surface area (Å²) >= 11 is 1.54. The lowest BCUT2D eigenvalue weighted by Crippen LogP contribution is -2.36. The van der Waals surface area contributed by atoms with Crippen LogP contribution in [0.3, 0.4) is 0 Å². The van der Waals surface area contributed by atoms with Crippen LogP contribution in [0, 0.1) is 0 Å². The van der Waals surface area contributed by atoms with E-state index in [0.717, 1.165) is 45.9 Å². The number of benzene rings is 2. The van der Waals surface area contributed by atoms with Crippen LogP contribution < -0.4 is 10.2 Å². The van der Waals surface area contributed by atoms with E-state index in [4.69, 9.17) is 9.84 Å². The molecule has 3 heterocycles. The van der Waals surface area contributed by atoms with E-state index in [0.29, 0.717) is 31.7 Å². The van der Waals surface area contributed by atoms with Crippen LogP contribution in [-0.4, -0.2) is 57.7 Å². The first-order valence-electron chi connectivity index (χ1n) is 11.7. The van der Waals surface area contributed by atoms with Gasteiger partial charge in [-0.15, -0.1) is 11.3 Å². The fourth-order valence-electron chi connectivity index (χ4n) is 4.13. The highest BCUT2D eigenvalue weighted by Crippen LogP contribution is 2.32. The normalized spacial score (nSPS) is 14.4. The van der Waals surface area contributed by atoms with E-state index in [1.165, 1.54) is 0 Å². The van der Waals surface area contributed by atoms with Crippen molar-refractivity contribution in [3.05, 3.63) is 59.7 Å². The molecule has 0 bridgehead atoms. The predicted molar refractivity (Wildman–Crippen MR) is 139 cm³/mol. The van der Waals surface area contributed by atoms with E-state index in [1.54, 1.807) is 31.4 Å². The topological polar surface area (TPSA) is 92.5 Å². The molecule has 2 N–H and O–H groups in total. The van der Waals surface area contributed by atoms with E-state index in [2.05, 4.69) is 15.2 Å². The standard InChI is InChI=1S/C26H29N5O3S/c1-26(2,33)6-8-31-17-20-15-22(23(16-21(20)29-31)30-9-11-34-12-10-30)28-24(32)18-4-3-5-19(14-18)25-27-7-13-35-25/h3-5,7,13-17,33H,6,8-12H2,1-2H3,(H,28,32). The van der Waals surface area contributed by atoms with Crippen LogP contribution in [0.1, 0.15) is 30.6 Å². The second kappa shape index (κ2) is 9.77. The van der Waals surface area contributed by atoms with Crippen molar-refractivity contribution >= 4 is 39.5 Å². The number of amides is 1. The second-order valence-electron chi connectivity index (χ2n) is 9.35. The fourth-order valence-corrected chi connectivity index (χ4v) is 4.77. The minimum atomic E-state index is -0.761. The Hall–Kier alpha value is -3.27. The van der Waals surface area contributed by atoms with Crippen molar-refractivity contribution in [3.63, 3.8) is 0 Å². The molecular formula is C26H29N5O3S. The molecule has 0 aliphatic carbocycles. The second-order valence-corrected chi connectivity index (χ2v) is 10.2. The van der Waals surface area contributed by atoms with Crippen molar-refractivity contribution in [1.29, 1.82) is 0 Å². The molecule has 1 saturated heterocycles. The van der Waals surface area contributed by atoms with E-state index in [-0.39, 0.29) is 5.91 Å². The van der Waals surface area contributed by atoms with E-state index >= 15 is 0 Å². The summed E-state index contributed by atoms with van der Waals surface area (Å²) in [4.78, 5) is 19.9. The van der Waals surface area contributed by atoms with Crippen LogP contribution in [0.5, 0.6) is 0 Å². The Kier molecular flexibility index (Phi) is 6.55. The number of fused-ring (bicyclic) bond motifs is 1. The molecule has 0 spiro atoms. The van der Waals surface area contributed by atoms with E-state index in [1.807, 2.05) is 52.7 Å². The molecule has 2 aromatic carbocycles. The van der Waals surface area contributed by atoms with E-state index in [9.17, 15) is 9.90 Å². The Bertz CT molecular complexity index is 1320. The summed E-state index contributed by atoms with van der Waals surface area (Å²) in [5, 5.41) is 21.7. The lowest BCUT2D eigenvalue weighted by atomic mass is 10.1.